The molecule has 1 aromatic rings. The van der Waals surface area contributed by atoms with Gasteiger partial charge in [0, 0.05) is 19.1 Å². The third kappa shape index (κ3) is 3.91. The van der Waals surface area contributed by atoms with Crippen molar-refractivity contribution >= 4 is 22.4 Å². The molecular formula is C13H22N4OS. The van der Waals surface area contributed by atoms with Crippen molar-refractivity contribution in [1.82, 2.24) is 15.2 Å². The second-order valence-electron chi connectivity index (χ2n) is 4.77. The Kier molecular flexibility index (Phi) is 5.15. The highest BCUT2D eigenvalue weighted by molar-refractivity contribution is 7.17. The number of likely N-dealkylation sites (tertiary alicyclic amines) is 1. The lowest BCUT2D eigenvalue weighted by molar-refractivity contribution is 0.0910. The highest BCUT2D eigenvalue weighted by atomic mass is 32.1. The predicted molar refractivity (Wildman–Crippen MR) is 78.9 cm³/mol. The number of piperidine rings is 1. The number of nitrogens with one attached hydrogen (secondary N) is 2. The summed E-state index contributed by atoms with van der Waals surface area (Å²) in [4.78, 5) is 19.4. The van der Waals surface area contributed by atoms with E-state index in [4.69, 9.17) is 0 Å². The molecular weight excluding hydrogens is 260 g/mol. The first-order chi connectivity index (χ1) is 9.22. The van der Waals surface area contributed by atoms with Crippen LogP contribution in [0.3, 0.4) is 0 Å². The maximum Gasteiger partial charge on any atom is 0.263 e. The smallest absolute Gasteiger partial charge is 0.263 e. The molecule has 1 fully saturated rings. The fraction of sp³-hybridized carbons (Fsp3) is 0.692. The van der Waals surface area contributed by atoms with Gasteiger partial charge in [-0.15, -0.1) is 0 Å². The normalized spacial score (nSPS) is 20.2. The molecule has 1 amide bonds. The van der Waals surface area contributed by atoms with Gasteiger partial charge in [0.05, 0.1) is 6.20 Å². The zero-order valence-electron chi connectivity index (χ0n) is 11.6. The molecule has 1 aliphatic rings. The minimum absolute atomic E-state index is 0.00426. The van der Waals surface area contributed by atoms with Gasteiger partial charge < -0.3 is 15.5 Å². The number of nitrogens with zero attached hydrogens (tertiary/aromatic N) is 2. The predicted octanol–water partition coefficient (Wildman–Crippen LogP) is 1.79. The summed E-state index contributed by atoms with van der Waals surface area (Å²) >= 11 is 1.41. The molecule has 1 atom stereocenters. The molecule has 2 rings (SSSR count). The molecule has 1 saturated heterocycles. The van der Waals surface area contributed by atoms with Crippen molar-refractivity contribution in [1.29, 1.82) is 0 Å². The van der Waals surface area contributed by atoms with Crippen molar-refractivity contribution in [3.8, 4) is 0 Å². The van der Waals surface area contributed by atoms with Gasteiger partial charge in [-0.3, -0.25) is 4.79 Å². The van der Waals surface area contributed by atoms with E-state index < -0.39 is 0 Å². The average Bonchev–Trinajstić information content (AvgIpc) is 2.88. The van der Waals surface area contributed by atoms with E-state index in [0.717, 1.165) is 44.2 Å². The first kappa shape index (κ1) is 14.3. The average molecular weight is 282 g/mol. The monoisotopic (exact) mass is 282 g/mol. The molecule has 2 heterocycles. The molecule has 2 N–H and O–H groups in total. The summed E-state index contributed by atoms with van der Waals surface area (Å²) in [6.45, 7) is 8.16. The van der Waals surface area contributed by atoms with Crippen molar-refractivity contribution in [3.05, 3.63) is 11.1 Å². The highest BCUT2D eigenvalue weighted by Crippen LogP contribution is 2.18. The summed E-state index contributed by atoms with van der Waals surface area (Å²) in [7, 11) is 0. The van der Waals surface area contributed by atoms with Crippen molar-refractivity contribution in [3.63, 3.8) is 0 Å². The van der Waals surface area contributed by atoms with E-state index in [2.05, 4.69) is 27.4 Å². The van der Waals surface area contributed by atoms with Crippen LogP contribution in [0.1, 0.15) is 36.4 Å². The van der Waals surface area contributed by atoms with Crippen LogP contribution in [0.4, 0.5) is 5.13 Å². The molecule has 0 bridgehead atoms. The quantitative estimate of drug-likeness (QED) is 0.864. The van der Waals surface area contributed by atoms with Gasteiger partial charge in [-0.2, -0.15) is 0 Å². The van der Waals surface area contributed by atoms with Gasteiger partial charge in [0.25, 0.3) is 5.91 Å². The summed E-state index contributed by atoms with van der Waals surface area (Å²) < 4.78 is 0. The summed E-state index contributed by atoms with van der Waals surface area (Å²) in [5.74, 6) is 0.00426. The van der Waals surface area contributed by atoms with Crippen molar-refractivity contribution in [2.45, 2.75) is 32.7 Å². The molecule has 19 heavy (non-hydrogen) atoms. The second kappa shape index (κ2) is 6.86. The molecule has 1 unspecified atom stereocenters. The number of thiazole rings is 1. The Morgan fingerprint density at radius 2 is 2.42 bits per heavy atom. The molecule has 1 aliphatic heterocycles. The summed E-state index contributed by atoms with van der Waals surface area (Å²) in [6, 6.07) is 0.269. The number of anilines is 1. The van der Waals surface area contributed by atoms with Gasteiger partial charge in [0.15, 0.2) is 5.13 Å². The number of hydrogen-bond donors (Lipinski definition) is 2. The third-order valence-electron chi connectivity index (χ3n) is 3.35. The number of aromatic nitrogens is 1. The van der Waals surface area contributed by atoms with Crippen LogP contribution in [0, 0.1) is 0 Å². The Morgan fingerprint density at radius 1 is 1.58 bits per heavy atom. The van der Waals surface area contributed by atoms with E-state index in [9.17, 15) is 4.79 Å². The Hall–Kier alpha value is -1.14. The molecule has 106 valence electrons. The van der Waals surface area contributed by atoms with Crippen molar-refractivity contribution < 1.29 is 4.79 Å². The van der Waals surface area contributed by atoms with E-state index in [1.165, 1.54) is 11.3 Å². The molecule has 1 aromatic heterocycles. The topological polar surface area (TPSA) is 57.3 Å². The van der Waals surface area contributed by atoms with E-state index >= 15 is 0 Å². The lowest BCUT2D eigenvalue weighted by atomic mass is 10.1. The lowest BCUT2D eigenvalue weighted by Gasteiger charge is -2.32. The fourth-order valence-corrected chi connectivity index (χ4v) is 3.12. The van der Waals surface area contributed by atoms with Crippen molar-refractivity contribution in [2.24, 2.45) is 0 Å². The van der Waals surface area contributed by atoms with Gasteiger partial charge in [-0.25, -0.2) is 4.98 Å². The van der Waals surface area contributed by atoms with Crippen LogP contribution in [0.2, 0.25) is 0 Å². The lowest BCUT2D eigenvalue weighted by Crippen LogP contribution is -2.47. The van der Waals surface area contributed by atoms with Gasteiger partial charge >= 0.3 is 0 Å². The number of likely N-dealkylation sites (N-methyl/N-ethyl adjacent to an activating group) is 1. The maximum absolute atomic E-state index is 12.1. The van der Waals surface area contributed by atoms with Crippen LogP contribution < -0.4 is 10.6 Å². The summed E-state index contributed by atoms with van der Waals surface area (Å²) in [5.41, 5.74) is 0. The molecule has 0 aromatic carbocycles. The molecule has 0 radical (unpaired) electrons. The van der Waals surface area contributed by atoms with Crippen LogP contribution in [0.15, 0.2) is 6.20 Å². The van der Waals surface area contributed by atoms with Crippen LogP contribution in [0.25, 0.3) is 0 Å². The number of amides is 1. The SMILES string of the molecule is CCNc1ncc(C(=O)NC2CCCN(CC)C2)s1. The van der Waals surface area contributed by atoms with E-state index in [-0.39, 0.29) is 11.9 Å². The van der Waals surface area contributed by atoms with Gasteiger partial charge in [-0.05, 0) is 32.9 Å². The Labute approximate surface area is 118 Å². The highest BCUT2D eigenvalue weighted by Gasteiger charge is 2.21. The zero-order valence-corrected chi connectivity index (χ0v) is 12.4. The van der Waals surface area contributed by atoms with Crippen LogP contribution in [-0.4, -0.2) is 48.0 Å². The minimum atomic E-state index is 0.00426. The molecule has 6 heteroatoms. The van der Waals surface area contributed by atoms with Crippen LogP contribution in [-0.2, 0) is 0 Å². The maximum atomic E-state index is 12.1. The summed E-state index contributed by atoms with van der Waals surface area (Å²) in [6.07, 6.45) is 3.88. The van der Waals surface area contributed by atoms with Crippen LogP contribution in [0.5, 0.6) is 0 Å². The van der Waals surface area contributed by atoms with Gasteiger partial charge in [0.1, 0.15) is 4.88 Å². The Balaban J connectivity index is 1.88. The van der Waals surface area contributed by atoms with E-state index in [1.807, 2.05) is 6.92 Å². The van der Waals surface area contributed by atoms with Gasteiger partial charge in [-0.1, -0.05) is 18.3 Å². The van der Waals surface area contributed by atoms with Crippen LogP contribution >= 0.6 is 11.3 Å². The zero-order chi connectivity index (χ0) is 13.7. The minimum Gasteiger partial charge on any atom is -0.362 e. The molecule has 0 aliphatic carbocycles. The molecule has 0 saturated carbocycles. The van der Waals surface area contributed by atoms with Gasteiger partial charge in [0.2, 0.25) is 0 Å². The third-order valence-corrected chi connectivity index (χ3v) is 4.30. The largest absolute Gasteiger partial charge is 0.362 e. The van der Waals surface area contributed by atoms with E-state index in [0.29, 0.717) is 4.88 Å². The fourth-order valence-electron chi connectivity index (χ4n) is 2.33. The van der Waals surface area contributed by atoms with E-state index in [1.54, 1.807) is 6.20 Å². The number of rotatable bonds is 5. The molecule has 0 spiro atoms. The second-order valence-corrected chi connectivity index (χ2v) is 5.80. The number of carbonyl (C=O) groups is 1. The Bertz CT molecular complexity index is 421. The summed E-state index contributed by atoms with van der Waals surface area (Å²) in [5, 5.41) is 7.05. The molecule has 5 nitrogen and oxygen atoms in total. The first-order valence-corrected chi connectivity index (χ1v) is 7.77. The first-order valence-electron chi connectivity index (χ1n) is 6.95. The number of carbonyl (C=O) groups excluding carboxylic acids is 1. The Morgan fingerprint density at radius 3 is 3.16 bits per heavy atom. The number of hydrogen-bond acceptors (Lipinski definition) is 5. The van der Waals surface area contributed by atoms with Crippen molar-refractivity contribution in [2.75, 3.05) is 31.5 Å². The standard InChI is InChI=1S/C13H22N4OS/c1-3-14-13-15-8-11(19-13)12(18)16-10-6-5-7-17(4-2)9-10/h8,10H,3-7,9H2,1-2H3,(H,14,15)(H,16,18).